The molecule has 0 aliphatic carbocycles. The molecule has 0 bridgehead atoms. The normalized spacial score (nSPS) is 18.9. The van der Waals surface area contributed by atoms with Gasteiger partial charge >= 0.3 is 24.5 Å². The Labute approximate surface area is 241 Å². The topological polar surface area (TPSA) is 102 Å². The van der Waals surface area contributed by atoms with E-state index in [1.54, 1.807) is 13.8 Å². The van der Waals surface area contributed by atoms with Gasteiger partial charge in [-0.1, -0.05) is 13.8 Å². The molecule has 2 aromatic heterocycles. The van der Waals surface area contributed by atoms with Crippen molar-refractivity contribution in [2.45, 2.75) is 57.6 Å². The minimum absolute atomic E-state index is 0.125. The number of halogens is 6. The molecule has 43 heavy (non-hydrogen) atoms. The van der Waals surface area contributed by atoms with E-state index in [4.69, 9.17) is 4.84 Å². The third-order valence-corrected chi connectivity index (χ3v) is 7.36. The van der Waals surface area contributed by atoms with Gasteiger partial charge in [-0.05, 0) is 72.5 Å². The number of nitrogens with zero attached hydrogens (tertiary/aromatic N) is 4. The number of carbonyl (C=O) groups excluding carboxylic acids is 3. The first-order chi connectivity index (χ1) is 20.0. The molecule has 1 saturated heterocycles. The number of alkyl halides is 6. The van der Waals surface area contributed by atoms with Crippen LogP contribution in [-0.4, -0.2) is 51.0 Å². The Hall–Kier alpha value is -4.69. The van der Waals surface area contributed by atoms with Crippen molar-refractivity contribution in [1.82, 2.24) is 15.0 Å². The monoisotopic (exact) mass is 610 g/mol. The van der Waals surface area contributed by atoms with E-state index < -0.39 is 53.6 Å². The molecule has 1 aliphatic heterocycles. The van der Waals surface area contributed by atoms with Crippen LogP contribution in [0.2, 0.25) is 0 Å². The molecule has 0 N–H and O–H groups in total. The molecular formula is C28H24F6N4O5. The van der Waals surface area contributed by atoms with E-state index in [0.717, 1.165) is 24.3 Å². The lowest BCUT2D eigenvalue weighted by molar-refractivity contribution is -0.274. The fraction of sp³-hybridized carbons (Fsp3) is 0.321. The Morgan fingerprint density at radius 3 is 1.74 bits per heavy atom. The number of amides is 3. The summed E-state index contributed by atoms with van der Waals surface area (Å²) in [6, 6.07) is 5.10. The van der Waals surface area contributed by atoms with Gasteiger partial charge in [0, 0.05) is 36.6 Å². The van der Waals surface area contributed by atoms with E-state index in [2.05, 4.69) is 14.7 Å². The number of benzene rings is 1. The number of hydrogen-bond acceptors (Lipinski definition) is 7. The number of pyridine rings is 2. The lowest BCUT2D eigenvalue weighted by atomic mass is 9.68. The number of hydroxylamine groups is 2. The van der Waals surface area contributed by atoms with Crippen molar-refractivity contribution < 1.29 is 50.3 Å². The molecule has 1 fully saturated rings. The number of aromatic nitrogens is 2. The molecule has 15 heteroatoms. The Balaban J connectivity index is 1.98. The van der Waals surface area contributed by atoms with Crippen molar-refractivity contribution in [3.8, 4) is 5.75 Å². The fourth-order valence-corrected chi connectivity index (χ4v) is 5.39. The standard InChI is InChI=1S/C28H24F6N4O5/c1-15-13-35-11-9-21(15)17(3)26(18(4)22-10-12-36-14-16(22)2)23(39)37(25(41)38(26)43-24(40)27(29,30)31)19-5-7-20(8-6-19)42-28(32,33)34/h5-14,17-18H,1-4H3. The maximum absolute atomic E-state index is 14.6. The maximum Gasteiger partial charge on any atom is 0.573 e. The first-order valence-electron chi connectivity index (χ1n) is 12.6. The molecule has 3 aromatic rings. The second-order valence-corrected chi connectivity index (χ2v) is 9.87. The third kappa shape index (κ3) is 5.70. The van der Waals surface area contributed by atoms with Crippen LogP contribution in [-0.2, 0) is 14.4 Å². The van der Waals surface area contributed by atoms with Crippen molar-refractivity contribution >= 4 is 23.6 Å². The van der Waals surface area contributed by atoms with Gasteiger partial charge in [0.05, 0.1) is 5.69 Å². The van der Waals surface area contributed by atoms with Crippen LogP contribution >= 0.6 is 0 Å². The minimum atomic E-state index is -5.55. The highest BCUT2D eigenvalue weighted by Gasteiger charge is 2.67. The lowest BCUT2D eigenvalue weighted by Gasteiger charge is -2.43. The Kier molecular flexibility index (Phi) is 8.13. The largest absolute Gasteiger partial charge is 0.573 e. The summed E-state index contributed by atoms with van der Waals surface area (Å²) in [7, 11) is 0. The first kappa shape index (κ1) is 31.3. The minimum Gasteiger partial charge on any atom is -0.406 e. The molecule has 3 amide bonds. The summed E-state index contributed by atoms with van der Waals surface area (Å²) in [5.41, 5.74) is -0.809. The summed E-state index contributed by atoms with van der Waals surface area (Å²) in [5, 5.41) is 0.125. The summed E-state index contributed by atoms with van der Waals surface area (Å²) in [5.74, 6) is -6.79. The molecule has 1 aromatic carbocycles. The summed E-state index contributed by atoms with van der Waals surface area (Å²) in [6.45, 7) is 6.25. The molecule has 0 saturated carbocycles. The molecule has 3 heterocycles. The van der Waals surface area contributed by atoms with Gasteiger partial charge in [0.2, 0.25) is 0 Å². The molecule has 1 aliphatic rings. The highest BCUT2D eigenvalue weighted by Crippen LogP contribution is 2.51. The van der Waals surface area contributed by atoms with Crippen molar-refractivity contribution in [3.05, 3.63) is 83.4 Å². The second kappa shape index (κ2) is 11.2. The van der Waals surface area contributed by atoms with Crippen molar-refractivity contribution in [2.75, 3.05) is 4.90 Å². The van der Waals surface area contributed by atoms with Crippen molar-refractivity contribution in [1.29, 1.82) is 0 Å². The molecule has 0 spiro atoms. The van der Waals surface area contributed by atoms with Crippen molar-refractivity contribution in [3.63, 3.8) is 0 Å². The molecule has 4 rings (SSSR count). The number of hydrogen-bond donors (Lipinski definition) is 0. The summed E-state index contributed by atoms with van der Waals surface area (Å²) in [4.78, 5) is 53.9. The van der Waals surface area contributed by atoms with E-state index in [-0.39, 0.29) is 10.8 Å². The first-order valence-corrected chi connectivity index (χ1v) is 12.6. The van der Waals surface area contributed by atoms with Crippen LogP contribution in [0, 0.1) is 13.8 Å². The van der Waals surface area contributed by atoms with Gasteiger partial charge in [0.1, 0.15) is 5.75 Å². The Morgan fingerprint density at radius 1 is 0.837 bits per heavy atom. The summed E-state index contributed by atoms with van der Waals surface area (Å²) in [6.07, 6.45) is -4.91. The van der Waals surface area contributed by atoms with Crippen LogP contribution in [0.5, 0.6) is 5.75 Å². The predicted octanol–water partition coefficient (Wildman–Crippen LogP) is 6.13. The highest BCUT2D eigenvalue weighted by atomic mass is 19.4. The van der Waals surface area contributed by atoms with Crippen LogP contribution in [0.3, 0.4) is 0 Å². The molecule has 0 radical (unpaired) electrons. The number of carbonyl (C=O) groups is 3. The van der Waals surface area contributed by atoms with E-state index in [9.17, 15) is 40.7 Å². The van der Waals surface area contributed by atoms with Gasteiger partial charge in [-0.15, -0.1) is 18.2 Å². The Bertz CT molecular complexity index is 1490. The second-order valence-electron chi connectivity index (χ2n) is 9.87. The SMILES string of the molecule is Cc1cnccc1C(C)C1(C(C)c2ccncc2C)C(=O)N(c2ccc(OC(F)(F)F)cc2)C(=O)N1OC(=O)C(F)(F)F. The van der Waals surface area contributed by atoms with E-state index >= 15 is 0 Å². The summed E-state index contributed by atoms with van der Waals surface area (Å²) >= 11 is 0. The molecular weight excluding hydrogens is 586 g/mol. The number of aryl methyl sites for hydroxylation is 2. The molecule has 228 valence electrons. The quantitative estimate of drug-likeness (QED) is 0.234. The molecule has 9 nitrogen and oxygen atoms in total. The number of urea groups is 1. The van der Waals surface area contributed by atoms with Gasteiger partial charge in [-0.2, -0.15) is 13.2 Å². The van der Waals surface area contributed by atoms with Crippen LogP contribution in [0.15, 0.2) is 61.2 Å². The zero-order valence-corrected chi connectivity index (χ0v) is 23.0. The Morgan fingerprint density at radius 2 is 1.33 bits per heavy atom. The summed E-state index contributed by atoms with van der Waals surface area (Å²) < 4.78 is 82.5. The zero-order chi connectivity index (χ0) is 31.9. The average molecular weight is 611 g/mol. The number of imide groups is 1. The number of anilines is 1. The average Bonchev–Trinajstić information content (AvgIpc) is 3.14. The smallest absolute Gasteiger partial charge is 0.406 e. The van der Waals surface area contributed by atoms with Crippen LogP contribution in [0.4, 0.5) is 36.8 Å². The van der Waals surface area contributed by atoms with Crippen LogP contribution in [0.25, 0.3) is 0 Å². The third-order valence-electron chi connectivity index (χ3n) is 7.36. The number of ether oxygens (including phenoxy) is 1. The van der Waals surface area contributed by atoms with E-state index in [1.807, 2.05) is 0 Å². The predicted molar refractivity (Wildman–Crippen MR) is 138 cm³/mol. The highest BCUT2D eigenvalue weighted by molar-refractivity contribution is 6.24. The number of rotatable bonds is 7. The van der Waals surface area contributed by atoms with Crippen LogP contribution in [0.1, 0.15) is 47.9 Å². The lowest BCUT2D eigenvalue weighted by Crippen LogP contribution is -2.58. The van der Waals surface area contributed by atoms with E-state index in [0.29, 0.717) is 27.2 Å². The van der Waals surface area contributed by atoms with Crippen LogP contribution < -0.4 is 9.64 Å². The van der Waals surface area contributed by atoms with Gasteiger partial charge in [0.15, 0.2) is 5.54 Å². The van der Waals surface area contributed by atoms with Gasteiger partial charge in [-0.3, -0.25) is 14.8 Å². The zero-order valence-electron chi connectivity index (χ0n) is 23.0. The maximum atomic E-state index is 14.6. The molecule has 2 atom stereocenters. The van der Waals surface area contributed by atoms with Crippen molar-refractivity contribution in [2.24, 2.45) is 0 Å². The van der Waals surface area contributed by atoms with Gasteiger partial charge < -0.3 is 9.57 Å². The van der Waals surface area contributed by atoms with Gasteiger partial charge in [0.25, 0.3) is 5.91 Å². The molecule has 2 unspecified atom stereocenters. The van der Waals surface area contributed by atoms with E-state index in [1.165, 1.54) is 50.8 Å². The van der Waals surface area contributed by atoms with Gasteiger partial charge in [-0.25, -0.2) is 14.5 Å². The fourth-order valence-electron chi connectivity index (χ4n) is 5.39.